The molecule has 4 rings (SSSR count). The van der Waals surface area contributed by atoms with E-state index in [1.807, 2.05) is 73.0 Å². The maximum absolute atomic E-state index is 13.3. The fraction of sp³-hybridized carbons (Fsp3) is 0.231. The van der Waals surface area contributed by atoms with Gasteiger partial charge in [0.05, 0.1) is 18.0 Å². The van der Waals surface area contributed by atoms with Crippen molar-refractivity contribution in [2.75, 3.05) is 12.4 Å². The fourth-order valence-electron chi connectivity index (χ4n) is 3.56. The van der Waals surface area contributed by atoms with E-state index in [1.165, 1.54) is 11.8 Å². The Morgan fingerprint density at radius 2 is 1.71 bits per heavy atom. The Balaban J connectivity index is 1.69. The zero-order valence-electron chi connectivity index (χ0n) is 19.6. The van der Waals surface area contributed by atoms with E-state index in [2.05, 4.69) is 33.5 Å². The lowest BCUT2D eigenvalue weighted by Crippen LogP contribution is -2.30. The molecule has 1 amide bonds. The second-order valence-corrected chi connectivity index (χ2v) is 9.27. The second kappa shape index (κ2) is 10.5. The SMILES string of the molecule is COc1ccc(NC(=O)C(Sc2nnc(-c3ccncc3)n2-c2ccccc2C)C(C)C)cc1. The smallest absolute Gasteiger partial charge is 0.238 e. The molecule has 4 aromatic rings. The van der Waals surface area contributed by atoms with Gasteiger partial charge in [-0.2, -0.15) is 0 Å². The quantitative estimate of drug-likeness (QED) is 0.345. The summed E-state index contributed by atoms with van der Waals surface area (Å²) in [6, 6.07) is 19.2. The molecule has 0 fully saturated rings. The number of carbonyl (C=O) groups excluding carboxylic acids is 1. The Labute approximate surface area is 203 Å². The lowest BCUT2D eigenvalue weighted by Gasteiger charge is -2.20. The molecule has 0 aliphatic heterocycles. The van der Waals surface area contributed by atoms with E-state index in [0.717, 1.165) is 28.3 Å². The molecule has 2 heterocycles. The number of thioether (sulfide) groups is 1. The van der Waals surface area contributed by atoms with Gasteiger partial charge in [-0.15, -0.1) is 10.2 Å². The zero-order chi connectivity index (χ0) is 24.1. The number of methoxy groups -OCH3 is 1. The molecule has 1 unspecified atom stereocenters. The van der Waals surface area contributed by atoms with Gasteiger partial charge in [0.1, 0.15) is 5.75 Å². The van der Waals surface area contributed by atoms with Crippen LogP contribution in [0.5, 0.6) is 5.75 Å². The second-order valence-electron chi connectivity index (χ2n) is 8.16. The predicted molar refractivity (Wildman–Crippen MR) is 135 cm³/mol. The lowest BCUT2D eigenvalue weighted by molar-refractivity contribution is -0.116. The Hall–Kier alpha value is -3.65. The van der Waals surface area contributed by atoms with Crippen LogP contribution in [0.25, 0.3) is 17.1 Å². The van der Waals surface area contributed by atoms with Gasteiger partial charge in [-0.1, -0.05) is 43.8 Å². The van der Waals surface area contributed by atoms with Crippen molar-refractivity contribution in [1.82, 2.24) is 19.7 Å². The van der Waals surface area contributed by atoms with Crippen LogP contribution < -0.4 is 10.1 Å². The lowest BCUT2D eigenvalue weighted by atomic mass is 10.1. The van der Waals surface area contributed by atoms with Gasteiger partial charge in [0.2, 0.25) is 5.91 Å². The molecule has 0 saturated carbocycles. The molecule has 2 aromatic carbocycles. The normalized spacial score (nSPS) is 11.9. The van der Waals surface area contributed by atoms with Crippen LogP contribution in [-0.2, 0) is 4.79 Å². The fourth-order valence-corrected chi connectivity index (χ4v) is 4.60. The summed E-state index contributed by atoms with van der Waals surface area (Å²) in [5.74, 6) is 1.42. The van der Waals surface area contributed by atoms with Crippen LogP contribution in [-0.4, -0.2) is 38.0 Å². The standard InChI is InChI=1S/C26H27N5O2S/c1-17(2)23(25(32)28-20-9-11-21(33-4)12-10-20)34-26-30-29-24(19-13-15-27-16-14-19)31(26)22-8-6-5-7-18(22)3/h5-17,23H,1-4H3,(H,28,32). The highest BCUT2D eigenvalue weighted by molar-refractivity contribution is 8.00. The molecule has 0 spiro atoms. The molecule has 0 radical (unpaired) electrons. The number of ether oxygens (including phenoxy) is 1. The molecular weight excluding hydrogens is 446 g/mol. The van der Waals surface area contributed by atoms with Crippen molar-refractivity contribution in [3.63, 3.8) is 0 Å². The van der Waals surface area contributed by atoms with Crippen molar-refractivity contribution in [2.45, 2.75) is 31.2 Å². The van der Waals surface area contributed by atoms with Gasteiger partial charge in [-0.05, 0) is 60.9 Å². The maximum atomic E-state index is 13.3. The highest BCUT2D eigenvalue weighted by atomic mass is 32.2. The van der Waals surface area contributed by atoms with Crippen LogP contribution in [0.3, 0.4) is 0 Å². The van der Waals surface area contributed by atoms with E-state index in [-0.39, 0.29) is 17.1 Å². The van der Waals surface area contributed by atoms with E-state index in [0.29, 0.717) is 11.0 Å². The number of amides is 1. The summed E-state index contributed by atoms with van der Waals surface area (Å²) in [6.07, 6.45) is 3.47. The third-order valence-electron chi connectivity index (χ3n) is 5.38. The Morgan fingerprint density at radius 1 is 1.00 bits per heavy atom. The maximum Gasteiger partial charge on any atom is 0.238 e. The van der Waals surface area contributed by atoms with E-state index in [1.54, 1.807) is 19.5 Å². The minimum Gasteiger partial charge on any atom is -0.497 e. The molecule has 2 aromatic heterocycles. The van der Waals surface area contributed by atoms with Gasteiger partial charge in [0, 0.05) is 23.6 Å². The van der Waals surface area contributed by atoms with E-state index in [9.17, 15) is 4.79 Å². The molecule has 0 saturated heterocycles. The predicted octanol–water partition coefficient (Wildman–Crippen LogP) is 5.40. The largest absolute Gasteiger partial charge is 0.497 e. The number of aromatic nitrogens is 4. The summed E-state index contributed by atoms with van der Waals surface area (Å²) in [5.41, 5.74) is 3.68. The van der Waals surface area contributed by atoms with Crippen molar-refractivity contribution in [1.29, 1.82) is 0 Å². The summed E-state index contributed by atoms with van der Waals surface area (Å²) in [5, 5.41) is 12.3. The van der Waals surface area contributed by atoms with Gasteiger partial charge >= 0.3 is 0 Å². The number of pyridine rings is 1. The Bertz CT molecular complexity index is 1260. The molecule has 8 heteroatoms. The summed E-state index contributed by atoms with van der Waals surface area (Å²) in [6.45, 7) is 6.11. The molecule has 34 heavy (non-hydrogen) atoms. The van der Waals surface area contributed by atoms with Crippen LogP contribution in [0, 0.1) is 12.8 Å². The first-order valence-electron chi connectivity index (χ1n) is 11.0. The Morgan fingerprint density at radius 3 is 2.35 bits per heavy atom. The van der Waals surface area contributed by atoms with Crippen molar-refractivity contribution in [3.8, 4) is 22.8 Å². The molecule has 0 aliphatic rings. The third kappa shape index (κ3) is 5.12. The number of nitrogens with one attached hydrogen (secondary N) is 1. The highest BCUT2D eigenvalue weighted by Gasteiger charge is 2.28. The summed E-state index contributed by atoms with van der Waals surface area (Å²) in [7, 11) is 1.61. The topological polar surface area (TPSA) is 81.9 Å². The van der Waals surface area contributed by atoms with Gasteiger partial charge < -0.3 is 10.1 Å². The number of rotatable bonds is 8. The number of hydrogen-bond donors (Lipinski definition) is 1. The van der Waals surface area contributed by atoms with Crippen molar-refractivity contribution in [3.05, 3.63) is 78.6 Å². The first-order chi connectivity index (χ1) is 16.5. The summed E-state index contributed by atoms with van der Waals surface area (Å²) >= 11 is 1.41. The third-order valence-corrected chi connectivity index (χ3v) is 6.87. The molecule has 0 bridgehead atoms. The van der Waals surface area contributed by atoms with Gasteiger partial charge in [0.15, 0.2) is 11.0 Å². The van der Waals surface area contributed by atoms with E-state index < -0.39 is 0 Å². The van der Waals surface area contributed by atoms with Crippen LogP contribution >= 0.6 is 11.8 Å². The van der Waals surface area contributed by atoms with Crippen molar-refractivity contribution >= 4 is 23.4 Å². The van der Waals surface area contributed by atoms with Crippen LogP contribution in [0.2, 0.25) is 0 Å². The molecule has 0 aliphatic carbocycles. The Kier molecular flexibility index (Phi) is 7.27. The zero-order valence-corrected chi connectivity index (χ0v) is 20.4. The average Bonchev–Trinajstić information content (AvgIpc) is 3.27. The summed E-state index contributed by atoms with van der Waals surface area (Å²) < 4.78 is 7.22. The minimum absolute atomic E-state index is 0.0645. The average molecular weight is 474 g/mol. The number of nitrogens with zero attached hydrogens (tertiary/aromatic N) is 4. The minimum atomic E-state index is -0.376. The number of carbonyl (C=O) groups is 1. The molecule has 1 atom stereocenters. The van der Waals surface area contributed by atoms with Crippen LogP contribution in [0.1, 0.15) is 19.4 Å². The van der Waals surface area contributed by atoms with Crippen LogP contribution in [0.4, 0.5) is 5.69 Å². The van der Waals surface area contributed by atoms with Crippen LogP contribution in [0.15, 0.2) is 78.2 Å². The number of hydrogen-bond acceptors (Lipinski definition) is 6. The van der Waals surface area contributed by atoms with Gasteiger partial charge in [-0.25, -0.2) is 0 Å². The first kappa shape index (κ1) is 23.5. The van der Waals surface area contributed by atoms with Gasteiger partial charge in [-0.3, -0.25) is 14.3 Å². The molecular formula is C26H27N5O2S. The number of aryl methyl sites for hydroxylation is 1. The number of benzene rings is 2. The molecule has 7 nitrogen and oxygen atoms in total. The van der Waals surface area contributed by atoms with E-state index >= 15 is 0 Å². The van der Waals surface area contributed by atoms with E-state index in [4.69, 9.17) is 4.74 Å². The van der Waals surface area contributed by atoms with Gasteiger partial charge in [0.25, 0.3) is 0 Å². The highest BCUT2D eigenvalue weighted by Crippen LogP contribution is 2.34. The van der Waals surface area contributed by atoms with Crippen molar-refractivity contribution in [2.24, 2.45) is 5.92 Å². The first-order valence-corrected chi connectivity index (χ1v) is 11.9. The van der Waals surface area contributed by atoms with Crippen molar-refractivity contribution < 1.29 is 9.53 Å². The monoisotopic (exact) mass is 473 g/mol. The summed E-state index contributed by atoms with van der Waals surface area (Å²) in [4.78, 5) is 17.4. The number of anilines is 1. The molecule has 174 valence electrons. The molecule has 1 N–H and O–H groups in total. The number of para-hydroxylation sites is 1.